The highest BCUT2D eigenvalue weighted by Gasteiger charge is 2.39. The molecule has 483 valence electrons. The summed E-state index contributed by atoms with van der Waals surface area (Å²) in [5.74, 6) is 2.98. The second-order valence-electron chi connectivity index (χ2n) is 23.0. The lowest BCUT2D eigenvalue weighted by molar-refractivity contribution is -0.128. The number of hydrogen-bond donors (Lipinski definition) is 6. The molecule has 0 saturated heterocycles. The van der Waals surface area contributed by atoms with Gasteiger partial charge in [-0.15, -0.1) is 11.3 Å². The van der Waals surface area contributed by atoms with Crippen LogP contribution in [0, 0.1) is 13.8 Å². The molecule has 94 heavy (non-hydrogen) atoms. The number of aromatic nitrogens is 7. The molecule has 0 aliphatic carbocycles. The summed E-state index contributed by atoms with van der Waals surface area (Å²) in [5.41, 5.74) is 25.5. The summed E-state index contributed by atoms with van der Waals surface area (Å²) in [6.45, 7) is 19.5. The van der Waals surface area contributed by atoms with Crippen molar-refractivity contribution in [2.45, 2.75) is 85.5 Å². The van der Waals surface area contributed by atoms with Crippen molar-refractivity contribution in [1.29, 1.82) is 0 Å². The van der Waals surface area contributed by atoms with Crippen LogP contribution in [0.1, 0.15) is 62.6 Å². The molecule has 1 radical (unpaired) electrons. The lowest BCUT2D eigenvalue weighted by atomic mass is 10.1. The van der Waals surface area contributed by atoms with E-state index in [-0.39, 0.29) is 34.3 Å². The highest BCUT2D eigenvalue weighted by atomic mass is 79.9. The fraction of sp³-hybridized carbons (Fsp3) is 0.197. The molecular weight excluding hydrogens is 1320 g/mol. The van der Waals surface area contributed by atoms with E-state index >= 15 is 0 Å². The number of phenolic OH excluding ortho intramolecular Hbond substituents is 2. The van der Waals surface area contributed by atoms with Gasteiger partial charge in [-0.3, -0.25) is 9.20 Å². The van der Waals surface area contributed by atoms with Gasteiger partial charge in [0.25, 0.3) is 0 Å². The quantitative estimate of drug-likeness (QED) is 0.0491. The number of imidazole rings is 1. The number of carbonyl (C=O) groups is 1. The summed E-state index contributed by atoms with van der Waals surface area (Å²) < 4.78 is 18.4. The summed E-state index contributed by atoms with van der Waals surface area (Å²) in [6.07, 6.45) is 5.63. The Morgan fingerprint density at radius 1 is 0.628 bits per heavy atom. The van der Waals surface area contributed by atoms with Gasteiger partial charge in [-0.1, -0.05) is 105 Å². The number of phenols is 2. The molecule has 0 fully saturated rings. The van der Waals surface area contributed by atoms with Crippen molar-refractivity contribution in [3.05, 3.63) is 223 Å². The zero-order valence-electron chi connectivity index (χ0n) is 53.6. The number of thiophene rings is 3. The number of Topliss-reactive ketones (excluding diaryl/α,β-unsaturated/α-hetero) is 1. The van der Waals surface area contributed by atoms with E-state index in [1.54, 1.807) is 113 Å². The minimum absolute atomic E-state index is 0.0528. The van der Waals surface area contributed by atoms with Crippen LogP contribution in [0.2, 0.25) is 18.1 Å². The molecule has 23 heteroatoms. The largest absolute Gasteiger partial charge is 0.569 e. The summed E-state index contributed by atoms with van der Waals surface area (Å²) >= 11 is 7.97. The Bertz CT molecular complexity index is 4330. The SMILES string of the molecule is CCOC(C)C(=O)Cc1ccc(O[Si](C)(C)C(C)(C)C)cc1.Cc1ccc(-c2cnc(N)c(-c3ccsc3)n2)cc1.Cc1ccc(-c2cnc(N)c(Br)n2)cc1.O[B]Oc1ccsc1.Oc1ccc(Cc2nc3c(-c4ccsc4)nc(-c4ccc(O)cc4)cn3c2O)cc1. The number of nitrogen functional groups attached to an aromatic ring is 2. The van der Waals surface area contributed by atoms with Crippen molar-refractivity contribution in [3.8, 4) is 85.2 Å². The van der Waals surface area contributed by atoms with E-state index in [1.807, 2.05) is 114 Å². The minimum atomic E-state index is -1.81. The number of rotatable bonds is 16. The number of fused-ring (bicyclic) bond motifs is 1. The number of benzene rings is 5. The molecule has 0 saturated carbocycles. The highest BCUT2D eigenvalue weighted by Crippen LogP contribution is 2.38. The van der Waals surface area contributed by atoms with Crippen LogP contribution in [0.5, 0.6) is 28.9 Å². The van der Waals surface area contributed by atoms with Gasteiger partial charge in [0.1, 0.15) is 56.6 Å². The van der Waals surface area contributed by atoms with Gasteiger partial charge < -0.3 is 45.6 Å². The first-order chi connectivity index (χ1) is 45.0. The normalized spacial score (nSPS) is 11.3. The number of halogens is 1. The molecule has 1 unspecified atom stereocenters. The van der Waals surface area contributed by atoms with E-state index < -0.39 is 8.32 Å². The zero-order valence-corrected chi connectivity index (χ0v) is 58.6. The molecule has 8 N–H and O–H groups in total. The standard InChI is InChI=1S/C23H17N3O3S.C18H30O3Si.C15H13N3S.C11H10BrN3.C4H4BO2S/c27-17-5-1-14(2-6-17)11-19-23(29)26-12-20(15-3-7-18(28)8-4-15)24-21(22(26)25-19)16-9-10-30-13-16;1-8-20-14(2)17(19)13-15-9-11-16(12-10-15)21-22(6,7)18(3,4)5;1-10-2-4-11(5-3-10)13-8-17-15(16)14(18-13)12-6-7-19-9-12;1-7-2-4-8(5-3-7)9-6-14-11(13)10(12)15-9;6-5-7-4-1-2-8-3-4/h1-10,12-13,27-29H,11H2;9-12,14H,8,13H2,1-7H3;2-9H,1H3,(H2,16,17);2-6H,1H3,(H2,13,14);1-3,6H. The number of ether oxygens (including phenoxy) is 1. The van der Waals surface area contributed by atoms with Gasteiger partial charge in [0.15, 0.2) is 17.2 Å². The van der Waals surface area contributed by atoms with Gasteiger partial charge in [-0.05, 0) is 156 Å². The van der Waals surface area contributed by atoms with Crippen LogP contribution < -0.4 is 20.5 Å². The van der Waals surface area contributed by atoms with Gasteiger partial charge in [0, 0.05) is 69.6 Å². The molecule has 7 aromatic heterocycles. The zero-order chi connectivity index (χ0) is 67.5. The molecule has 0 aliphatic heterocycles. The monoisotopic (exact) mass is 1390 g/mol. The summed E-state index contributed by atoms with van der Waals surface area (Å²) in [5, 5.41) is 50.0. The lowest BCUT2D eigenvalue weighted by Crippen LogP contribution is -2.43. The van der Waals surface area contributed by atoms with Gasteiger partial charge >= 0.3 is 7.69 Å². The Kier molecular flexibility index (Phi) is 25.0. The van der Waals surface area contributed by atoms with Crippen LogP contribution in [-0.4, -0.2) is 89.1 Å². The molecule has 0 amide bonds. The van der Waals surface area contributed by atoms with Crippen molar-refractivity contribution < 1.29 is 39.0 Å². The predicted octanol–water partition coefficient (Wildman–Crippen LogP) is 16.7. The molecule has 17 nitrogen and oxygen atoms in total. The number of anilines is 2. The Labute approximate surface area is 570 Å². The molecule has 0 bridgehead atoms. The van der Waals surface area contributed by atoms with Crippen LogP contribution in [-0.2, 0) is 22.4 Å². The second kappa shape index (κ2) is 33.2. The van der Waals surface area contributed by atoms with Crippen molar-refractivity contribution in [2.75, 3.05) is 18.1 Å². The smallest absolute Gasteiger partial charge is 0.544 e. The van der Waals surface area contributed by atoms with Crippen molar-refractivity contribution in [1.82, 2.24) is 34.3 Å². The Morgan fingerprint density at radius 2 is 1.13 bits per heavy atom. The predicted molar refractivity (Wildman–Crippen MR) is 387 cm³/mol. The Morgan fingerprint density at radius 3 is 1.65 bits per heavy atom. The number of carbonyl (C=O) groups excluding carboxylic acids is 1. The molecule has 5 aromatic carbocycles. The maximum Gasteiger partial charge on any atom is 0.569 e. The van der Waals surface area contributed by atoms with Crippen molar-refractivity contribution >= 4 is 89.0 Å². The third-order valence-corrected chi connectivity index (χ3v) is 22.0. The number of hydrogen-bond acceptors (Lipinski definition) is 19. The fourth-order valence-electron chi connectivity index (χ4n) is 8.68. The Balaban J connectivity index is 0.000000158. The molecule has 1 atom stereocenters. The minimum Gasteiger partial charge on any atom is -0.544 e. The molecule has 0 spiro atoms. The van der Waals surface area contributed by atoms with Gasteiger partial charge in [0.05, 0.1) is 29.5 Å². The van der Waals surface area contributed by atoms with E-state index in [0.717, 1.165) is 61.8 Å². The fourth-order valence-corrected chi connectivity index (χ4v) is 11.8. The van der Waals surface area contributed by atoms with Crippen LogP contribution >= 0.6 is 49.9 Å². The maximum atomic E-state index is 12.0. The third-order valence-electron chi connectivity index (χ3n) is 15.0. The number of nitrogens with zero attached hydrogens (tertiary/aromatic N) is 7. The lowest BCUT2D eigenvalue weighted by Gasteiger charge is -2.36. The summed E-state index contributed by atoms with van der Waals surface area (Å²) in [6, 6.07) is 43.6. The molecular formula is C71H74BBrN9O8S3Si. The third kappa shape index (κ3) is 19.7. The summed E-state index contributed by atoms with van der Waals surface area (Å²) in [4.78, 5) is 38.7. The Hall–Kier alpha value is -9.07. The molecule has 0 aliphatic rings. The first-order valence-electron chi connectivity index (χ1n) is 29.8. The van der Waals surface area contributed by atoms with Gasteiger partial charge in [-0.25, -0.2) is 29.9 Å². The van der Waals surface area contributed by atoms with E-state index in [2.05, 4.69) is 98.4 Å². The first-order valence-corrected chi connectivity index (χ1v) is 36.4. The van der Waals surface area contributed by atoms with E-state index in [4.69, 9.17) is 30.6 Å². The van der Waals surface area contributed by atoms with Crippen LogP contribution in [0.15, 0.2) is 195 Å². The van der Waals surface area contributed by atoms with E-state index in [1.165, 1.54) is 22.5 Å². The molecule has 7 heterocycles. The van der Waals surface area contributed by atoms with Crippen LogP contribution in [0.4, 0.5) is 11.6 Å². The van der Waals surface area contributed by atoms with Crippen LogP contribution in [0.3, 0.4) is 0 Å². The highest BCUT2D eigenvalue weighted by molar-refractivity contribution is 9.10. The number of ketones is 1. The van der Waals surface area contributed by atoms with Gasteiger partial charge in [-0.2, -0.15) is 22.7 Å². The second-order valence-corrected chi connectivity index (χ2v) is 30.9. The van der Waals surface area contributed by atoms with Gasteiger partial charge in [0.2, 0.25) is 14.2 Å². The average molecular weight is 1400 g/mol. The maximum absolute atomic E-state index is 12.0. The van der Waals surface area contributed by atoms with Crippen LogP contribution in [0.25, 0.3) is 61.9 Å². The summed E-state index contributed by atoms with van der Waals surface area (Å²) in [7, 11) is -1.14. The number of nitrogens with two attached hydrogens (primary N) is 2. The number of aromatic hydroxyl groups is 3. The van der Waals surface area contributed by atoms with E-state index in [9.17, 15) is 20.1 Å². The molecule has 12 aromatic rings. The van der Waals surface area contributed by atoms with E-state index in [0.29, 0.717) is 71.9 Å². The topological polar surface area (TPSA) is 259 Å². The average Bonchev–Trinajstić information content (AvgIpc) is 1.60. The molecule has 12 rings (SSSR count). The first kappa shape index (κ1) is 70.8. The van der Waals surface area contributed by atoms with Crippen molar-refractivity contribution in [2.24, 2.45) is 0 Å². The number of aryl methyl sites for hydroxylation is 2. The van der Waals surface area contributed by atoms with Crippen molar-refractivity contribution in [3.63, 3.8) is 0 Å².